The van der Waals surface area contributed by atoms with Crippen LogP contribution in [0, 0.1) is 17.8 Å². The van der Waals surface area contributed by atoms with E-state index in [1.54, 1.807) is 0 Å². The zero-order valence-electron chi connectivity index (χ0n) is 47.6. The molecule has 6 heteroatoms. The van der Waals surface area contributed by atoms with E-state index in [1.165, 1.54) is 231 Å². The molecule has 0 aromatic rings. The molecule has 0 saturated heterocycles. The van der Waals surface area contributed by atoms with Crippen molar-refractivity contribution in [1.29, 1.82) is 0 Å². The lowest BCUT2D eigenvalue weighted by molar-refractivity contribution is -0.167. The highest BCUT2D eigenvalue weighted by Crippen LogP contribution is 2.19. The summed E-state index contributed by atoms with van der Waals surface area (Å²) in [7, 11) is 0. The monoisotopic (exact) mass is 975 g/mol. The fourth-order valence-electron chi connectivity index (χ4n) is 9.67. The molecular formula is C63H122O6. The predicted octanol–water partition coefficient (Wildman–Crippen LogP) is 20.7. The molecule has 0 spiro atoms. The molecule has 0 aliphatic heterocycles. The average Bonchev–Trinajstić information content (AvgIpc) is 3.32. The highest BCUT2D eigenvalue weighted by molar-refractivity contribution is 5.71. The minimum Gasteiger partial charge on any atom is -0.462 e. The van der Waals surface area contributed by atoms with Gasteiger partial charge in [0.05, 0.1) is 0 Å². The summed E-state index contributed by atoms with van der Waals surface area (Å²) in [6, 6.07) is 0. The second-order valence-corrected chi connectivity index (χ2v) is 22.9. The molecule has 410 valence electrons. The number of ether oxygens (including phenoxy) is 3. The van der Waals surface area contributed by atoms with E-state index in [2.05, 4.69) is 41.5 Å². The summed E-state index contributed by atoms with van der Waals surface area (Å²) in [5.74, 6) is 1.73. The van der Waals surface area contributed by atoms with Crippen LogP contribution in [0.15, 0.2) is 0 Å². The van der Waals surface area contributed by atoms with Gasteiger partial charge in [0.25, 0.3) is 0 Å². The summed E-state index contributed by atoms with van der Waals surface area (Å²) in [6.45, 7) is 13.8. The number of esters is 3. The molecule has 0 rings (SSSR count). The van der Waals surface area contributed by atoms with Crippen LogP contribution in [0.5, 0.6) is 0 Å². The average molecular weight is 976 g/mol. The van der Waals surface area contributed by atoms with Crippen LogP contribution in [0.25, 0.3) is 0 Å². The maximum atomic E-state index is 12.9. The van der Waals surface area contributed by atoms with E-state index in [0.29, 0.717) is 19.3 Å². The van der Waals surface area contributed by atoms with E-state index in [9.17, 15) is 14.4 Å². The summed E-state index contributed by atoms with van der Waals surface area (Å²) in [6.07, 6.45) is 58.1. The van der Waals surface area contributed by atoms with Crippen LogP contribution in [0.2, 0.25) is 0 Å². The minimum atomic E-state index is -0.764. The van der Waals surface area contributed by atoms with Crippen molar-refractivity contribution in [3.63, 3.8) is 0 Å². The quantitative estimate of drug-likeness (QED) is 0.0343. The second-order valence-electron chi connectivity index (χ2n) is 22.9. The fourth-order valence-corrected chi connectivity index (χ4v) is 9.67. The smallest absolute Gasteiger partial charge is 0.306 e. The van der Waals surface area contributed by atoms with Gasteiger partial charge < -0.3 is 14.2 Å². The molecule has 0 N–H and O–H groups in total. The van der Waals surface area contributed by atoms with Crippen LogP contribution >= 0.6 is 0 Å². The van der Waals surface area contributed by atoms with E-state index in [4.69, 9.17) is 14.2 Å². The van der Waals surface area contributed by atoms with E-state index in [0.717, 1.165) is 75.5 Å². The van der Waals surface area contributed by atoms with Crippen LogP contribution in [0.4, 0.5) is 0 Å². The summed E-state index contributed by atoms with van der Waals surface area (Å²) in [5.41, 5.74) is 0. The van der Waals surface area contributed by atoms with E-state index in [1.807, 2.05) is 0 Å². The lowest BCUT2D eigenvalue weighted by atomic mass is 9.99. The predicted molar refractivity (Wildman–Crippen MR) is 298 cm³/mol. The number of carbonyl (C=O) groups excluding carboxylic acids is 3. The lowest BCUT2D eigenvalue weighted by Gasteiger charge is -2.18. The number of hydrogen-bond donors (Lipinski definition) is 0. The Morgan fingerprint density at radius 2 is 0.507 bits per heavy atom. The summed E-state index contributed by atoms with van der Waals surface area (Å²) >= 11 is 0. The maximum Gasteiger partial charge on any atom is 0.306 e. The summed E-state index contributed by atoms with van der Waals surface area (Å²) < 4.78 is 16.9. The first kappa shape index (κ1) is 67.4. The molecule has 6 nitrogen and oxygen atoms in total. The molecule has 0 bridgehead atoms. The zero-order valence-corrected chi connectivity index (χ0v) is 47.6. The molecule has 0 aromatic carbocycles. The van der Waals surface area contributed by atoms with Gasteiger partial charge in [-0.3, -0.25) is 14.4 Å². The zero-order chi connectivity index (χ0) is 50.5. The Bertz CT molecular complexity index is 1070. The van der Waals surface area contributed by atoms with Crippen molar-refractivity contribution in [2.24, 2.45) is 17.8 Å². The highest BCUT2D eigenvalue weighted by Gasteiger charge is 2.19. The van der Waals surface area contributed by atoms with Crippen molar-refractivity contribution in [3.8, 4) is 0 Å². The molecule has 0 aliphatic carbocycles. The normalized spacial score (nSPS) is 12.5. The minimum absolute atomic E-state index is 0.0630. The van der Waals surface area contributed by atoms with Crippen molar-refractivity contribution in [3.05, 3.63) is 0 Å². The van der Waals surface area contributed by atoms with Crippen LogP contribution < -0.4 is 0 Å². The maximum absolute atomic E-state index is 12.9. The van der Waals surface area contributed by atoms with Crippen molar-refractivity contribution in [2.75, 3.05) is 13.2 Å². The molecule has 0 amide bonds. The number of unbranched alkanes of at least 4 members (excludes halogenated alkanes) is 38. The standard InChI is InChI=1S/C63H122O6/c1-7-59(6)51-45-39-33-27-21-14-12-10-8-9-11-13-15-22-28-34-40-46-52-61(64)67-55-60(56-68-62(65)53-47-41-35-29-24-18-20-26-32-38-44-50-58(4)5)69-63(66)54-48-42-36-30-23-17-16-19-25-31-37-43-49-57(2)3/h57-60H,7-56H2,1-6H3/t59?,60-/m1/s1. The molecule has 0 saturated carbocycles. The Morgan fingerprint density at radius 1 is 0.290 bits per heavy atom. The van der Waals surface area contributed by atoms with Gasteiger partial charge in [0.15, 0.2) is 6.10 Å². The first-order valence-electron chi connectivity index (χ1n) is 31.1. The Labute approximate surface area is 431 Å². The molecule has 0 radical (unpaired) electrons. The van der Waals surface area contributed by atoms with Gasteiger partial charge in [0.1, 0.15) is 13.2 Å². The lowest BCUT2D eigenvalue weighted by Crippen LogP contribution is -2.30. The van der Waals surface area contributed by atoms with Crippen molar-refractivity contribution in [2.45, 2.75) is 356 Å². The van der Waals surface area contributed by atoms with Crippen molar-refractivity contribution < 1.29 is 28.6 Å². The molecule has 2 atom stereocenters. The highest BCUT2D eigenvalue weighted by atomic mass is 16.6. The fraction of sp³-hybridized carbons (Fsp3) is 0.952. The first-order chi connectivity index (χ1) is 33.6. The molecule has 69 heavy (non-hydrogen) atoms. The van der Waals surface area contributed by atoms with E-state index in [-0.39, 0.29) is 31.1 Å². The molecule has 0 heterocycles. The third kappa shape index (κ3) is 55.6. The first-order valence-corrected chi connectivity index (χ1v) is 31.1. The van der Waals surface area contributed by atoms with Crippen LogP contribution in [-0.4, -0.2) is 37.2 Å². The molecule has 0 aliphatic rings. The molecule has 1 unspecified atom stereocenters. The number of hydrogen-bond acceptors (Lipinski definition) is 6. The Hall–Kier alpha value is -1.59. The summed E-state index contributed by atoms with van der Waals surface area (Å²) in [5, 5.41) is 0. The second kappa shape index (κ2) is 54.2. The molecular weight excluding hydrogens is 853 g/mol. The van der Waals surface area contributed by atoms with Crippen LogP contribution in [-0.2, 0) is 28.6 Å². The van der Waals surface area contributed by atoms with Crippen molar-refractivity contribution in [1.82, 2.24) is 0 Å². The van der Waals surface area contributed by atoms with Gasteiger partial charge in [-0.15, -0.1) is 0 Å². The Kier molecular flexibility index (Phi) is 52.9. The van der Waals surface area contributed by atoms with Gasteiger partial charge in [0, 0.05) is 19.3 Å². The Morgan fingerprint density at radius 3 is 0.754 bits per heavy atom. The van der Waals surface area contributed by atoms with Crippen LogP contribution in [0.3, 0.4) is 0 Å². The van der Waals surface area contributed by atoms with E-state index >= 15 is 0 Å². The topological polar surface area (TPSA) is 78.9 Å². The van der Waals surface area contributed by atoms with E-state index < -0.39 is 6.10 Å². The van der Waals surface area contributed by atoms with Gasteiger partial charge in [-0.1, -0.05) is 311 Å². The van der Waals surface area contributed by atoms with Gasteiger partial charge in [0.2, 0.25) is 0 Å². The number of carbonyl (C=O) groups is 3. The number of rotatable bonds is 56. The van der Waals surface area contributed by atoms with Gasteiger partial charge in [-0.05, 0) is 37.0 Å². The van der Waals surface area contributed by atoms with Gasteiger partial charge in [-0.2, -0.15) is 0 Å². The molecule has 0 fully saturated rings. The summed E-state index contributed by atoms with van der Waals surface area (Å²) in [4.78, 5) is 38.2. The third-order valence-corrected chi connectivity index (χ3v) is 14.8. The largest absolute Gasteiger partial charge is 0.462 e. The third-order valence-electron chi connectivity index (χ3n) is 14.8. The Balaban J connectivity index is 4.25. The molecule has 0 aromatic heterocycles. The van der Waals surface area contributed by atoms with Gasteiger partial charge >= 0.3 is 17.9 Å². The SMILES string of the molecule is CCC(C)CCCCCCCCCCCCCCCCCCCCC(=O)OC[C@H](COC(=O)CCCCCCCCCCCCCC(C)C)OC(=O)CCCCCCCCCCCCCCC(C)C. The van der Waals surface area contributed by atoms with Crippen molar-refractivity contribution >= 4 is 17.9 Å². The van der Waals surface area contributed by atoms with Gasteiger partial charge in [-0.25, -0.2) is 0 Å². The van der Waals surface area contributed by atoms with Crippen LogP contribution in [0.1, 0.15) is 350 Å².